The second-order valence-corrected chi connectivity index (χ2v) is 9.20. The molecule has 1 atom stereocenters. The molecule has 1 fully saturated rings. The van der Waals surface area contributed by atoms with E-state index in [1.807, 2.05) is 31.2 Å². The van der Waals surface area contributed by atoms with Gasteiger partial charge in [-0.25, -0.2) is 4.79 Å². The number of likely N-dealkylation sites (tertiary alicyclic amines) is 1. The average Bonchev–Trinajstić information content (AvgIpc) is 3.25. The molecule has 0 aliphatic carbocycles. The third-order valence-electron chi connectivity index (χ3n) is 6.46. The lowest BCUT2D eigenvalue weighted by Gasteiger charge is -2.55. The minimum atomic E-state index is -1.48. The van der Waals surface area contributed by atoms with E-state index in [9.17, 15) is 15.0 Å². The fraction of sp³-hybridized carbons (Fsp3) is 0.417. The third-order valence-corrected chi connectivity index (χ3v) is 6.46. The summed E-state index contributed by atoms with van der Waals surface area (Å²) in [5.74, 6) is 1.14. The molecule has 0 radical (unpaired) electrons. The van der Waals surface area contributed by atoms with Gasteiger partial charge in [0.25, 0.3) is 0 Å². The Labute approximate surface area is 192 Å². The largest absolute Gasteiger partial charge is 0.465 e. The molecule has 174 valence electrons. The van der Waals surface area contributed by atoms with Crippen LogP contribution in [0.15, 0.2) is 47.2 Å². The van der Waals surface area contributed by atoms with E-state index in [1.54, 1.807) is 18.5 Å². The number of aliphatic hydroxyl groups is 1. The molecule has 1 saturated heterocycles. The van der Waals surface area contributed by atoms with E-state index in [4.69, 9.17) is 10.3 Å². The summed E-state index contributed by atoms with van der Waals surface area (Å²) >= 11 is 0. The molecule has 2 aromatic heterocycles. The van der Waals surface area contributed by atoms with Crippen molar-refractivity contribution in [2.45, 2.75) is 38.7 Å². The summed E-state index contributed by atoms with van der Waals surface area (Å²) in [6.07, 6.45) is 2.68. The van der Waals surface area contributed by atoms with Crippen LogP contribution in [0.1, 0.15) is 49.3 Å². The highest BCUT2D eigenvalue weighted by Gasteiger charge is 2.57. The quantitative estimate of drug-likeness (QED) is 0.498. The Morgan fingerprint density at radius 2 is 1.94 bits per heavy atom. The molecule has 0 unspecified atom stereocenters. The van der Waals surface area contributed by atoms with Crippen molar-refractivity contribution < 1.29 is 19.5 Å². The molecule has 33 heavy (non-hydrogen) atoms. The van der Waals surface area contributed by atoms with Crippen molar-refractivity contribution in [2.24, 2.45) is 11.1 Å². The summed E-state index contributed by atoms with van der Waals surface area (Å²) in [5.41, 5.74) is 6.28. The van der Waals surface area contributed by atoms with Gasteiger partial charge in [-0.05, 0) is 23.1 Å². The van der Waals surface area contributed by atoms with Gasteiger partial charge >= 0.3 is 6.09 Å². The first-order valence-corrected chi connectivity index (χ1v) is 11.0. The minimum Gasteiger partial charge on any atom is -0.465 e. The molecular formula is C24H29N5O4. The molecule has 9 heteroatoms. The molecule has 9 nitrogen and oxygen atoms in total. The number of carbonyl (C=O) groups is 1. The van der Waals surface area contributed by atoms with Crippen LogP contribution in [-0.4, -0.2) is 56.0 Å². The van der Waals surface area contributed by atoms with E-state index in [0.29, 0.717) is 47.3 Å². The Balaban J connectivity index is 1.79. The van der Waals surface area contributed by atoms with E-state index < -0.39 is 17.1 Å². The van der Waals surface area contributed by atoms with Gasteiger partial charge in [0, 0.05) is 55.0 Å². The maximum Gasteiger partial charge on any atom is 0.407 e. The first-order valence-electron chi connectivity index (χ1n) is 11.0. The molecule has 1 amide bonds. The zero-order valence-electron chi connectivity index (χ0n) is 19.0. The van der Waals surface area contributed by atoms with Crippen LogP contribution in [0.4, 0.5) is 4.79 Å². The molecule has 0 saturated carbocycles. The monoisotopic (exact) mass is 451 g/mol. The predicted octanol–water partition coefficient (Wildman–Crippen LogP) is 2.99. The number of nitrogens with zero attached hydrogens (tertiary/aromatic N) is 4. The highest BCUT2D eigenvalue weighted by molar-refractivity contribution is 5.67. The lowest BCUT2D eigenvalue weighted by Crippen LogP contribution is -2.66. The first-order chi connectivity index (χ1) is 15.7. The van der Waals surface area contributed by atoms with Gasteiger partial charge in [0.1, 0.15) is 5.60 Å². The van der Waals surface area contributed by atoms with E-state index in [1.165, 1.54) is 4.90 Å². The first kappa shape index (κ1) is 22.9. The topological polar surface area (TPSA) is 139 Å². The lowest BCUT2D eigenvalue weighted by atomic mass is 9.62. The van der Waals surface area contributed by atoms with Gasteiger partial charge in [-0.15, -0.1) is 0 Å². The van der Waals surface area contributed by atoms with E-state index in [0.717, 1.165) is 5.56 Å². The minimum absolute atomic E-state index is 0.192. The summed E-state index contributed by atoms with van der Waals surface area (Å²) in [5, 5.41) is 25.7. The molecule has 1 aliphatic rings. The SMILES string of the molecule is CC(C)c1ccc([C@](O)(c2cncc(-c3noc(CCN)n3)c2)C2(C)CN(C(=O)O)C2)cc1. The average molecular weight is 452 g/mol. The second-order valence-electron chi connectivity index (χ2n) is 9.20. The van der Waals surface area contributed by atoms with Crippen molar-refractivity contribution in [3.05, 3.63) is 65.3 Å². The zero-order chi connectivity index (χ0) is 23.8. The number of rotatable bonds is 7. The van der Waals surface area contributed by atoms with Crippen molar-refractivity contribution in [2.75, 3.05) is 19.6 Å². The Kier molecular flexibility index (Phi) is 5.94. The van der Waals surface area contributed by atoms with E-state index in [2.05, 4.69) is 29.0 Å². The smallest absolute Gasteiger partial charge is 0.407 e. The van der Waals surface area contributed by atoms with E-state index in [-0.39, 0.29) is 13.1 Å². The Morgan fingerprint density at radius 3 is 2.55 bits per heavy atom. The maximum absolute atomic E-state index is 12.3. The van der Waals surface area contributed by atoms with Crippen LogP contribution in [0.3, 0.4) is 0 Å². The number of amides is 1. The van der Waals surface area contributed by atoms with Gasteiger partial charge in [-0.2, -0.15) is 4.98 Å². The molecule has 1 aliphatic heterocycles. The van der Waals surface area contributed by atoms with Gasteiger partial charge < -0.3 is 25.4 Å². The van der Waals surface area contributed by atoms with Gasteiger partial charge in [0.15, 0.2) is 0 Å². The summed E-state index contributed by atoms with van der Waals surface area (Å²) < 4.78 is 5.24. The van der Waals surface area contributed by atoms with Gasteiger partial charge in [0.2, 0.25) is 11.7 Å². The number of carboxylic acid groups (broad SMARTS) is 1. The van der Waals surface area contributed by atoms with Crippen LogP contribution in [0, 0.1) is 5.41 Å². The van der Waals surface area contributed by atoms with Crippen LogP contribution in [0.2, 0.25) is 0 Å². The second kappa shape index (κ2) is 8.57. The maximum atomic E-state index is 12.3. The standard InChI is InChI=1S/C24H29N5O4/c1-15(2)16-4-6-18(7-5-16)24(32,23(3)13-29(14-23)22(30)31)19-10-17(11-26-12-19)21-27-20(8-9-25)33-28-21/h4-7,10-12,15,32H,8-9,13-14,25H2,1-3H3,(H,30,31)/t24-/m0/s1. The molecule has 3 aromatic rings. The number of nitrogens with two attached hydrogens (primary N) is 1. The summed E-state index contributed by atoms with van der Waals surface area (Å²) in [6, 6.07) is 9.60. The lowest BCUT2D eigenvalue weighted by molar-refractivity contribution is -0.124. The summed E-state index contributed by atoms with van der Waals surface area (Å²) in [6.45, 7) is 6.89. The van der Waals surface area contributed by atoms with Crippen molar-refractivity contribution in [1.82, 2.24) is 20.0 Å². The van der Waals surface area contributed by atoms with Gasteiger partial charge in [-0.3, -0.25) is 4.98 Å². The fourth-order valence-corrected chi connectivity index (χ4v) is 4.49. The fourth-order valence-electron chi connectivity index (χ4n) is 4.49. The zero-order valence-corrected chi connectivity index (χ0v) is 19.0. The third kappa shape index (κ3) is 3.98. The van der Waals surface area contributed by atoms with Crippen molar-refractivity contribution in [3.63, 3.8) is 0 Å². The van der Waals surface area contributed by atoms with Crippen LogP contribution in [-0.2, 0) is 12.0 Å². The highest BCUT2D eigenvalue weighted by atomic mass is 16.5. The highest BCUT2D eigenvalue weighted by Crippen LogP contribution is 2.50. The molecule has 1 aromatic carbocycles. The summed E-state index contributed by atoms with van der Waals surface area (Å²) in [7, 11) is 0. The Morgan fingerprint density at radius 1 is 1.24 bits per heavy atom. The number of hydrogen-bond donors (Lipinski definition) is 3. The van der Waals surface area contributed by atoms with Crippen molar-refractivity contribution in [1.29, 1.82) is 0 Å². The summed E-state index contributed by atoms with van der Waals surface area (Å²) in [4.78, 5) is 21.5. The molecule has 0 bridgehead atoms. The van der Waals surface area contributed by atoms with Gasteiger partial charge in [0.05, 0.1) is 0 Å². The normalized spacial score (nSPS) is 17.0. The van der Waals surface area contributed by atoms with Gasteiger partial charge in [-0.1, -0.05) is 50.2 Å². The molecular weight excluding hydrogens is 422 g/mol. The molecule has 4 rings (SSSR count). The van der Waals surface area contributed by atoms with Crippen LogP contribution in [0.5, 0.6) is 0 Å². The molecule has 4 N–H and O–H groups in total. The Bertz CT molecular complexity index is 1140. The van der Waals surface area contributed by atoms with Crippen LogP contribution >= 0.6 is 0 Å². The predicted molar refractivity (Wildman–Crippen MR) is 122 cm³/mol. The number of benzene rings is 1. The van der Waals surface area contributed by atoms with Crippen LogP contribution < -0.4 is 5.73 Å². The molecule has 3 heterocycles. The van der Waals surface area contributed by atoms with Crippen molar-refractivity contribution in [3.8, 4) is 11.4 Å². The Hall–Kier alpha value is -3.30. The number of aromatic nitrogens is 3. The number of pyridine rings is 1. The molecule has 0 spiro atoms. The number of hydrogen-bond acceptors (Lipinski definition) is 7. The van der Waals surface area contributed by atoms with Crippen LogP contribution in [0.25, 0.3) is 11.4 Å². The van der Waals surface area contributed by atoms with E-state index >= 15 is 0 Å². The van der Waals surface area contributed by atoms with Crippen molar-refractivity contribution >= 4 is 6.09 Å².